The van der Waals surface area contributed by atoms with Gasteiger partial charge in [-0.1, -0.05) is 0 Å². The first-order valence-electron chi connectivity index (χ1n) is 6.32. The molecule has 1 unspecified atom stereocenters. The molecule has 1 aromatic rings. The summed E-state index contributed by atoms with van der Waals surface area (Å²) in [6.07, 6.45) is 2.12. The lowest BCUT2D eigenvalue weighted by molar-refractivity contribution is 0.311. The Morgan fingerprint density at radius 3 is 2.63 bits per heavy atom. The topological polar surface area (TPSA) is 93.2 Å². The van der Waals surface area contributed by atoms with Crippen LogP contribution in [0.5, 0.6) is 0 Å². The van der Waals surface area contributed by atoms with Gasteiger partial charge in [0.1, 0.15) is 4.90 Å². The highest BCUT2D eigenvalue weighted by atomic mass is 32.2. The molecule has 0 radical (unpaired) electrons. The number of hydrogen-bond donors (Lipinski definition) is 2. The van der Waals surface area contributed by atoms with E-state index in [9.17, 15) is 8.42 Å². The van der Waals surface area contributed by atoms with Crippen LogP contribution in [0.25, 0.3) is 0 Å². The number of likely N-dealkylation sites (tertiary alicyclic amines) is 1. The van der Waals surface area contributed by atoms with Crippen LogP contribution in [0.3, 0.4) is 0 Å². The Labute approximate surface area is 113 Å². The highest BCUT2D eigenvalue weighted by Crippen LogP contribution is 2.21. The maximum Gasteiger partial charge on any atom is 0.246 e. The van der Waals surface area contributed by atoms with Crippen molar-refractivity contribution in [2.45, 2.75) is 30.7 Å². The molecular weight excluding hydrogens is 266 g/mol. The molecule has 0 amide bonds. The zero-order chi connectivity index (χ0) is 14.2. The van der Waals surface area contributed by atoms with Crippen LogP contribution in [-0.4, -0.2) is 49.3 Å². The molecule has 2 heterocycles. The minimum absolute atomic E-state index is 0.0484. The normalized spacial score (nSPS) is 21.1. The van der Waals surface area contributed by atoms with E-state index >= 15 is 0 Å². The molecule has 0 aliphatic carbocycles. The van der Waals surface area contributed by atoms with Crippen molar-refractivity contribution >= 4 is 15.8 Å². The van der Waals surface area contributed by atoms with E-state index < -0.39 is 10.0 Å². The number of sulfonamides is 1. The smallest absolute Gasteiger partial charge is 0.246 e. The average Bonchev–Trinajstić information content (AvgIpc) is 2.82. The fraction of sp³-hybridized carbons (Fsp3) is 0.727. The molecule has 1 aliphatic rings. The zero-order valence-electron chi connectivity index (χ0n) is 11.5. The molecule has 1 saturated heterocycles. The number of rotatable bonds is 4. The van der Waals surface area contributed by atoms with E-state index in [4.69, 9.17) is 5.73 Å². The van der Waals surface area contributed by atoms with Crippen LogP contribution >= 0.6 is 0 Å². The van der Waals surface area contributed by atoms with Gasteiger partial charge < -0.3 is 10.6 Å². The standard InChI is InChI=1S/C11H21N5O2S/c1-8-10(11(12)14-16(8)3)19(17,18)13-7-9-5-4-6-15(9)2/h9,13H,4-7H2,1-3H3,(H2,12,14). The second-order valence-corrected chi connectivity index (χ2v) is 6.76. The minimum atomic E-state index is -3.60. The first kappa shape index (κ1) is 14.3. The van der Waals surface area contributed by atoms with Gasteiger partial charge in [-0.2, -0.15) is 5.10 Å². The molecular formula is C11H21N5O2S. The fourth-order valence-electron chi connectivity index (χ4n) is 2.46. The zero-order valence-corrected chi connectivity index (χ0v) is 12.4. The van der Waals surface area contributed by atoms with Gasteiger partial charge >= 0.3 is 0 Å². The van der Waals surface area contributed by atoms with Crippen LogP contribution in [0.4, 0.5) is 5.82 Å². The van der Waals surface area contributed by atoms with Crippen LogP contribution in [0.2, 0.25) is 0 Å². The molecule has 1 fully saturated rings. The highest BCUT2D eigenvalue weighted by Gasteiger charge is 2.27. The van der Waals surface area contributed by atoms with E-state index in [1.807, 2.05) is 7.05 Å². The summed E-state index contributed by atoms with van der Waals surface area (Å²) in [5, 5.41) is 3.94. The molecule has 0 bridgehead atoms. The van der Waals surface area contributed by atoms with Crippen LogP contribution in [0, 0.1) is 6.92 Å². The molecule has 3 N–H and O–H groups in total. The number of anilines is 1. The predicted octanol–water partition coefficient (Wildman–Crippen LogP) is -0.317. The molecule has 1 atom stereocenters. The highest BCUT2D eigenvalue weighted by molar-refractivity contribution is 7.89. The molecule has 1 aliphatic heterocycles. The van der Waals surface area contributed by atoms with Crippen molar-refractivity contribution in [2.75, 3.05) is 25.9 Å². The molecule has 0 aromatic carbocycles. The van der Waals surface area contributed by atoms with E-state index in [2.05, 4.69) is 14.7 Å². The summed E-state index contributed by atoms with van der Waals surface area (Å²) in [5.74, 6) is 0.0484. The third-order valence-corrected chi connectivity index (χ3v) is 5.34. The predicted molar refractivity (Wildman–Crippen MR) is 73.2 cm³/mol. The minimum Gasteiger partial charge on any atom is -0.381 e. The van der Waals surface area contributed by atoms with E-state index in [0.29, 0.717) is 12.2 Å². The van der Waals surface area contributed by atoms with E-state index in [0.717, 1.165) is 19.4 Å². The Hall–Kier alpha value is -1.12. The lowest BCUT2D eigenvalue weighted by atomic mass is 10.2. The SMILES string of the molecule is Cc1c(S(=O)(=O)NCC2CCCN2C)c(N)nn1C. The van der Waals surface area contributed by atoms with E-state index in [-0.39, 0.29) is 16.8 Å². The third kappa shape index (κ3) is 2.75. The van der Waals surface area contributed by atoms with Crippen molar-refractivity contribution in [3.8, 4) is 0 Å². The first-order chi connectivity index (χ1) is 8.83. The molecule has 2 rings (SSSR count). The van der Waals surface area contributed by atoms with Gasteiger partial charge in [0.05, 0.1) is 5.69 Å². The van der Waals surface area contributed by atoms with Gasteiger partial charge in [0, 0.05) is 19.6 Å². The van der Waals surface area contributed by atoms with Crippen LogP contribution in [0.1, 0.15) is 18.5 Å². The molecule has 0 saturated carbocycles. The number of nitrogens with zero attached hydrogens (tertiary/aromatic N) is 3. The Balaban J connectivity index is 2.14. The van der Waals surface area contributed by atoms with Gasteiger partial charge in [-0.3, -0.25) is 4.68 Å². The summed E-state index contributed by atoms with van der Waals surface area (Å²) < 4.78 is 28.7. The Kier molecular flexibility index (Phi) is 3.84. The Morgan fingerprint density at radius 2 is 2.16 bits per heavy atom. The number of aromatic nitrogens is 2. The molecule has 7 nitrogen and oxygen atoms in total. The molecule has 1 aromatic heterocycles. The van der Waals surface area contributed by atoms with Crippen molar-refractivity contribution in [3.05, 3.63) is 5.69 Å². The largest absolute Gasteiger partial charge is 0.381 e. The van der Waals surface area contributed by atoms with Crippen LogP contribution in [0.15, 0.2) is 4.90 Å². The monoisotopic (exact) mass is 287 g/mol. The quantitative estimate of drug-likeness (QED) is 0.792. The van der Waals surface area contributed by atoms with Crippen LogP contribution < -0.4 is 10.5 Å². The van der Waals surface area contributed by atoms with Crippen molar-refractivity contribution in [1.29, 1.82) is 0 Å². The van der Waals surface area contributed by atoms with Gasteiger partial charge in [0.2, 0.25) is 10.0 Å². The van der Waals surface area contributed by atoms with Gasteiger partial charge in [-0.15, -0.1) is 0 Å². The Morgan fingerprint density at radius 1 is 1.47 bits per heavy atom. The molecule has 19 heavy (non-hydrogen) atoms. The number of likely N-dealkylation sites (N-methyl/N-ethyl adjacent to an activating group) is 1. The van der Waals surface area contributed by atoms with Crippen molar-refractivity contribution in [3.63, 3.8) is 0 Å². The van der Waals surface area contributed by atoms with Crippen molar-refractivity contribution < 1.29 is 8.42 Å². The fourth-order valence-corrected chi connectivity index (χ4v) is 3.85. The summed E-state index contributed by atoms with van der Waals surface area (Å²) in [4.78, 5) is 2.26. The molecule has 8 heteroatoms. The number of aryl methyl sites for hydroxylation is 1. The second kappa shape index (κ2) is 5.10. The lowest BCUT2D eigenvalue weighted by Gasteiger charge is -2.19. The number of nitrogen functional groups attached to an aromatic ring is 1. The second-order valence-electron chi connectivity index (χ2n) is 5.05. The molecule has 108 valence electrons. The summed E-state index contributed by atoms with van der Waals surface area (Å²) in [6, 6.07) is 0.257. The summed E-state index contributed by atoms with van der Waals surface area (Å²) >= 11 is 0. The van der Waals surface area contributed by atoms with E-state index in [1.165, 1.54) is 4.68 Å². The summed E-state index contributed by atoms with van der Waals surface area (Å²) in [5.41, 5.74) is 6.22. The summed E-state index contributed by atoms with van der Waals surface area (Å²) in [7, 11) is 0.0889. The first-order valence-corrected chi connectivity index (χ1v) is 7.80. The number of hydrogen-bond acceptors (Lipinski definition) is 5. The maximum atomic E-state index is 12.3. The van der Waals surface area contributed by atoms with Gasteiger partial charge in [0.25, 0.3) is 0 Å². The van der Waals surface area contributed by atoms with Gasteiger partial charge in [0.15, 0.2) is 5.82 Å². The van der Waals surface area contributed by atoms with Crippen molar-refractivity contribution in [1.82, 2.24) is 19.4 Å². The lowest BCUT2D eigenvalue weighted by Crippen LogP contribution is -2.38. The summed E-state index contributed by atoms with van der Waals surface area (Å²) in [6.45, 7) is 3.12. The Bertz CT molecular complexity index is 566. The third-order valence-electron chi connectivity index (χ3n) is 3.75. The van der Waals surface area contributed by atoms with Gasteiger partial charge in [-0.25, -0.2) is 13.1 Å². The van der Waals surface area contributed by atoms with Crippen LogP contribution in [-0.2, 0) is 17.1 Å². The van der Waals surface area contributed by atoms with E-state index in [1.54, 1.807) is 14.0 Å². The number of nitrogens with one attached hydrogen (secondary N) is 1. The van der Waals surface area contributed by atoms with Gasteiger partial charge in [-0.05, 0) is 33.4 Å². The maximum absolute atomic E-state index is 12.3. The number of nitrogens with two attached hydrogens (primary N) is 1. The average molecular weight is 287 g/mol. The molecule has 0 spiro atoms. The van der Waals surface area contributed by atoms with Crippen molar-refractivity contribution in [2.24, 2.45) is 7.05 Å².